The first-order valence-corrected chi connectivity index (χ1v) is 10.3. The molecule has 32 heavy (non-hydrogen) atoms. The number of hydrogen-bond donors (Lipinski definition) is 2. The Morgan fingerprint density at radius 1 is 0.969 bits per heavy atom. The number of fused-ring (bicyclic) bond motifs is 1. The van der Waals surface area contributed by atoms with Gasteiger partial charge in [0.15, 0.2) is 5.75 Å². The van der Waals surface area contributed by atoms with E-state index in [4.69, 9.17) is 33.0 Å². The first-order chi connectivity index (χ1) is 15.4. The summed E-state index contributed by atoms with van der Waals surface area (Å²) in [6.45, 7) is 0. The summed E-state index contributed by atoms with van der Waals surface area (Å²) in [5, 5.41) is 13.1. The van der Waals surface area contributed by atoms with Crippen molar-refractivity contribution in [1.82, 2.24) is 4.98 Å². The van der Waals surface area contributed by atoms with E-state index < -0.39 is 5.97 Å². The fourth-order valence-corrected chi connectivity index (χ4v) is 3.81. The van der Waals surface area contributed by atoms with E-state index in [0.29, 0.717) is 28.1 Å². The molecule has 0 saturated carbocycles. The molecule has 0 aliphatic rings. The standard InChI is InChI=1S/C24H16Cl2N2O4/c25-19-11-14(13-21(29)30)12-20(26)23(19)32-17-8-6-16(7-9-17)28-24(31)18-5-1-3-15-4-2-10-27-22(15)18/h1-12H,13H2,(H,28,31)(H,29,30). The number of amides is 1. The van der Waals surface area contributed by atoms with E-state index in [1.165, 1.54) is 12.1 Å². The maximum atomic E-state index is 12.7. The van der Waals surface area contributed by atoms with E-state index in [1.54, 1.807) is 36.5 Å². The van der Waals surface area contributed by atoms with E-state index in [1.807, 2.05) is 24.3 Å². The van der Waals surface area contributed by atoms with Crippen LogP contribution >= 0.6 is 23.2 Å². The van der Waals surface area contributed by atoms with Gasteiger partial charge in [-0.2, -0.15) is 0 Å². The average molecular weight is 467 g/mol. The molecule has 1 heterocycles. The molecule has 0 aliphatic carbocycles. The molecule has 0 bridgehead atoms. The van der Waals surface area contributed by atoms with Crippen LogP contribution in [-0.4, -0.2) is 22.0 Å². The Hall–Kier alpha value is -3.61. The average Bonchev–Trinajstić information content (AvgIpc) is 2.76. The van der Waals surface area contributed by atoms with Crippen LogP contribution in [0.4, 0.5) is 5.69 Å². The van der Waals surface area contributed by atoms with Crippen molar-refractivity contribution in [2.45, 2.75) is 6.42 Å². The van der Waals surface area contributed by atoms with Crippen molar-refractivity contribution in [3.05, 3.63) is 94.1 Å². The van der Waals surface area contributed by atoms with Crippen LogP contribution in [0.5, 0.6) is 11.5 Å². The molecular weight excluding hydrogens is 451 g/mol. The number of carbonyl (C=O) groups excluding carboxylic acids is 1. The molecule has 0 radical (unpaired) electrons. The molecule has 1 aromatic heterocycles. The molecule has 0 spiro atoms. The van der Waals surface area contributed by atoms with Crippen molar-refractivity contribution in [3.63, 3.8) is 0 Å². The molecule has 0 fully saturated rings. The van der Waals surface area contributed by atoms with Crippen molar-refractivity contribution in [3.8, 4) is 11.5 Å². The van der Waals surface area contributed by atoms with Gasteiger partial charge in [-0.15, -0.1) is 0 Å². The first-order valence-electron chi connectivity index (χ1n) is 9.53. The summed E-state index contributed by atoms with van der Waals surface area (Å²) < 4.78 is 5.77. The van der Waals surface area contributed by atoms with Crippen molar-refractivity contribution in [1.29, 1.82) is 0 Å². The van der Waals surface area contributed by atoms with Crippen molar-refractivity contribution in [2.24, 2.45) is 0 Å². The zero-order valence-corrected chi connectivity index (χ0v) is 18.0. The molecule has 160 valence electrons. The lowest BCUT2D eigenvalue weighted by atomic mass is 10.1. The first kappa shape index (κ1) is 21.6. The molecule has 0 aliphatic heterocycles. The summed E-state index contributed by atoms with van der Waals surface area (Å²) in [6.07, 6.45) is 1.45. The summed E-state index contributed by atoms with van der Waals surface area (Å²) in [5.41, 5.74) is 2.15. The predicted octanol–water partition coefficient (Wildman–Crippen LogP) is 6.21. The fourth-order valence-electron chi connectivity index (χ4n) is 3.20. The van der Waals surface area contributed by atoms with Gasteiger partial charge in [0.05, 0.1) is 27.5 Å². The number of carbonyl (C=O) groups is 2. The molecule has 4 rings (SSSR count). The number of rotatable bonds is 6. The highest BCUT2D eigenvalue weighted by Crippen LogP contribution is 2.37. The highest BCUT2D eigenvalue weighted by atomic mass is 35.5. The molecule has 6 nitrogen and oxygen atoms in total. The Labute approximate surface area is 193 Å². The van der Waals surface area contributed by atoms with Gasteiger partial charge in [0.1, 0.15) is 5.75 Å². The van der Waals surface area contributed by atoms with Gasteiger partial charge in [0, 0.05) is 17.3 Å². The minimum Gasteiger partial charge on any atom is -0.481 e. The largest absolute Gasteiger partial charge is 0.481 e. The number of carboxylic acids is 1. The van der Waals surface area contributed by atoms with Crippen LogP contribution in [0.15, 0.2) is 72.9 Å². The lowest BCUT2D eigenvalue weighted by Crippen LogP contribution is -2.12. The molecule has 1 amide bonds. The van der Waals surface area contributed by atoms with E-state index in [9.17, 15) is 9.59 Å². The quantitative estimate of drug-likeness (QED) is 0.352. The number of benzene rings is 3. The van der Waals surface area contributed by atoms with Gasteiger partial charge in [-0.3, -0.25) is 14.6 Å². The number of nitrogens with zero attached hydrogens (tertiary/aromatic N) is 1. The highest BCUT2D eigenvalue weighted by molar-refractivity contribution is 6.37. The van der Waals surface area contributed by atoms with Crippen LogP contribution in [0.1, 0.15) is 15.9 Å². The number of nitrogens with one attached hydrogen (secondary N) is 1. The minimum absolute atomic E-state index is 0.194. The Bertz CT molecular complexity index is 1300. The van der Waals surface area contributed by atoms with E-state index in [0.717, 1.165) is 5.39 Å². The second-order valence-electron chi connectivity index (χ2n) is 6.92. The third kappa shape index (κ3) is 4.82. The summed E-state index contributed by atoms with van der Waals surface area (Å²) in [7, 11) is 0. The third-order valence-electron chi connectivity index (χ3n) is 4.62. The summed E-state index contributed by atoms with van der Waals surface area (Å²) in [4.78, 5) is 27.9. The molecular formula is C24H16Cl2N2O4. The number of pyridine rings is 1. The summed E-state index contributed by atoms with van der Waals surface area (Å²) in [5.74, 6) is -0.587. The second kappa shape index (κ2) is 9.26. The summed E-state index contributed by atoms with van der Waals surface area (Å²) >= 11 is 12.4. The minimum atomic E-state index is -0.984. The highest BCUT2D eigenvalue weighted by Gasteiger charge is 2.14. The number of ether oxygens (including phenoxy) is 1. The fraction of sp³-hybridized carbons (Fsp3) is 0.0417. The zero-order chi connectivity index (χ0) is 22.7. The van der Waals surface area contributed by atoms with E-state index >= 15 is 0 Å². The maximum Gasteiger partial charge on any atom is 0.307 e. The smallest absolute Gasteiger partial charge is 0.307 e. The molecule has 2 N–H and O–H groups in total. The van der Waals surface area contributed by atoms with E-state index in [2.05, 4.69) is 10.3 Å². The Morgan fingerprint density at radius 2 is 1.66 bits per heavy atom. The van der Waals surface area contributed by atoms with Crippen molar-refractivity contribution >= 4 is 51.7 Å². The van der Waals surface area contributed by atoms with Gasteiger partial charge in [-0.1, -0.05) is 41.4 Å². The maximum absolute atomic E-state index is 12.7. The van der Waals surface area contributed by atoms with Crippen LogP contribution in [-0.2, 0) is 11.2 Å². The van der Waals surface area contributed by atoms with Crippen LogP contribution < -0.4 is 10.1 Å². The van der Waals surface area contributed by atoms with Crippen LogP contribution in [0.2, 0.25) is 10.0 Å². The van der Waals surface area contributed by atoms with Gasteiger partial charge in [0.25, 0.3) is 5.91 Å². The van der Waals surface area contributed by atoms with E-state index in [-0.39, 0.29) is 28.1 Å². The number of aliphatic carboxylic acids is 1. The lowest BCUT2D eigenvalue weighted by molar-refractivity contribution is -0.136. The molecule has 0 atom stereocenters. The summed E-state index contributed by atoms with van der Waals surface area (Å²) in [6, 6.07) is 18.9. The van der Waals surface area contributed by atoms with Gasteiger partial charge in [0.2, 0.25) is 0 Å². The number of halogens is 2. The number of para-hydroxylation sites is 1. The van der Waals surface area contributed by atoms with Gasteiger partial charge >= 0.3 is 5.97 Å². The Morgan fingerprint density at radius 3 is 2.34 bits per heavy atom. The molecule has 4 aromatic rings. The Kier molecular flexibility index (Phi) is 6.25. The molecule has 3 aromatic carbocycles. The predicted molar refractivity (Wildman–Crippen MR) is 124 cm³/mol. The van der Waals surface area contributed by atoms with Crippen molar-refractivity contribution < 1.29 is 19.4 Å². The Balaban J connectivity index is 1.49. The normalized spacial score (nSPS) is 10.7. The van der Waals surface area contributed by atoms with Gasteiger partial charge in [-0.25, -0.2) is 0 Å². The SMILES string of the molecule is O=C(O)Cc1cc(Cl)c(Oc2ccc(NC(=O)c3cccc4cccnc34)cc2)c(Cl)c1. The van der Waals surface area contributed by atoms with Crippen LogP contribution in [0.25, 0.3) is 10.9 Å². The van der Waals surface area contributed by atoms with Crippen LogP contribution in [0.3, 0.4) is 0 Å². The number of anilines is 1. The van der Waals surface area contributed by atoms with Crippen LogP contribution in [0, 0.1) is 0 Å². The van der Waals surface area contributed by atoms with Crippen molar-refractivity contribution in [2.75, 3.05) is 5.32 Å². The number of aromatic nitrogens is 1. The lowest BCUT2D eigenvalue weighted by Gasteiger charge is -2.12. The van der Waals surface area contributed by atoms with Gasteiger partial charge in [-0.05, 0) is 54.1 Å². The molecule has 0 unspecified atom stereocenters. The zero-order valence-electron chi connectivity index (χ0n) is 16.5. The molecule has 0 saturated heterocycles. The third-order valence-corrected chi connectivity index (χ3v) is 5.18. The second-order valence-corrected chi connectivity index (χ2v) is 7.73. The number of carboxylic acid groups (broad SMARTS) is 1. The molecule has 8 heteroatoms. The van der Waals surface area contributed by atoms with Gasteiger partial charge < -0.3 is 15.2 Å². The monoisotopic (exact) mass is 466 g/mol. The number of hydrogen-bond acceptors (Lipinski definition) is 4. The topological polar surface area (TPSA) is 88.5 Å².